The molecular weight excluding hydrogens is 1560 g/mol. The molecule has 116 heavy (non-hydrogen) atoms. The first kappa shape index (κ1) is 78.5. The molecule has 0 aliphatic carbocycles. The fourth-order valence-corrected chi connectivity index (χ4v) is 23.6. The Labute approximate surface area is 714 Å². The Morgan fingerprint density at radius 3 is 0.931 bits per heavy atom. The van der Waals surface area contributed by atoms with Crippen LogP contribution in [0.25, 0.3) is 66.8 Å². The first-order valence-electron chi connectivity index (χ1n) is 38.4. The van der Waals surface area contributed by atoms with E-state index >= 15 is 0 Å². The summed E-state index contributed by atoms with van der Waals surface area (Å²) >= 11 is 19.0. The molecule has 3 atom stereocenters. The second-order valence-corrected chi connectivity index (χ2v) is 37.3. The summed E-state index contributed by atoms with van der Waals surface area (Å²) in [4.78, 5) is 18.7. The van der Waals surface area contributed by atoms with E-state index in [1.165, 1.54) is 103 Å². The molecule has 8 heteroatoms. The van der Waals surface area contributed by atoms with Crippen LogP contribution < -0.4 is 0 Å². The van der Waals surface area contributed by atoms with Gasteiger partial charge >= 0.3 is 0 Å². The highest BCUT2D eigenvalue weighted by Gasteiger charge is 2.34. The van der Waals surface area contributed by atoms with Gasteiger partial charge in [-0.05, 0) is 237 Å². The second-order valence-electron chi connectivity index (χ2n) is 27.1. The Hall–Kier alpha value is -11.4. The fourth-order valence-electron chi connectivity index (χ4n) is 13.8. The van der Waals surface area contributed by atoms with E-state index in [9.17, 15) is 0 Å². The number of hydrogen-bond donors (Lipinski definition) is 0. The molecule has 0 N–H and O–H groups in total. The van der Waals surface area contributed by atoms with Crippen LogP contribution in [0, 0.1) is 0 Å². The van der Waals surface area contributed by atoms with Crippen LogP contribution in [0.15, 0.2) is 553 Å². The second kappa shape index (κ2) is 39.3. The van der Waals surface area contributed by atoms with E-state index < -0.39 is 0 Å². The third-order valence-electron chi connectivity index (χ3n) is 19.4. The highest BCUT2D eigenvalue weighted by molar-refractivity contribution is 8.00. The summed E-state index contributed by atoms with van der Waals surface area (Å²) in [6, 6.07) is 171. The average molecular weight is 1640 g/mol. The number of halogens is 2. The number of benzene rings is 18. The van der Waals surface area contributed by atoms with E-state index in [0.717, 1.165) is 47.0 Å². The van der Waals surface area contributed by atoms with Gasteiger partial charge in [0.1, 0.15) is 10.9 Å². The van der Waals surface area contributed by atoms with Crippen molar-refractivity contribution in [1.29, 1.82) is 0 Å². The topological polar surface area (TPSA) is 0 Å². The molecule has 0 aliphatic rings. The molecule has 0 radical (unpaired) electrons. The molecule has 0 spiro atoms. The molecule has 18 aromatic rings. The Balaban J connectivity index is 0.000000131. The normalized spacial score (nSPS) is 11.7. The minimum absolute atomic E-state index is 0.191. The van der Waals surface area contributed by atoms with Crippen molar-refractivity contribution in [2.24, 2.45) is 0 Å². The van der Waals surface area contributed by atoms with Crippen molar-refractivity contribution in [1.82, 2.24) is 0 Å². The van der Waals surface area contributed by atoms with Crippen LogP contribution in [0.3, 0.4) is 0 Å². The summed E-state index contributed by atoms with van der Waals surface area (Å²) in [5, 5.41) is 1.53. The van der Waals surface area contributed by atoms with E-state index in [1.807, 2.05) is 53.9 Å². The highest BCUT2D eigenvalue weighted by atomic mass is 35.5. The lowest BCUT2D eigenvalue weighted by Crippen LogP contribution is -2.06. The van der Waals surface area contributed by atoms with Crippen molar-refractivity contribution >= 4 is 91.2 Å². The largest absolute Gasteiger partial charge is 0.185 e. The van der Waals surface area contributed by atoms with E-state index in [1.54, 1.807) is 11.8 Å². The molecule has 0 nitrogen and oxygen atoms in total. The fraction of sp³-hybridized carbons (Fsp3) is 0. The molecular formula is C108H79Cl2S6+3. The molecule has 0 heterocycles. The van der Waals surface area contributed by atoms with Crippen molar-refractivity contribution in [3.8, 4) is 66.8 Å². The molecule has 0 bridgehead atoms. The van der Waals surface area contributed by atoms with E-state index in [0.29, 0.717) is 0 Å². The maximum absolute atomic E-state index is 6.98. The molecule has 18 rings (SSSR count). The zero-order valence-electron chi connectivity index (χ0n) is 63.3. The van der Waals surface area contributed by atoms with Crippen molar-refractivity contribution < 1.29 is 0 Å². The molecule has 0 saturated heterocycles. The number of hydrogen-bond acceptors (Lipinski definition) is 3. The van der Waals surface area contributed by atoms with E-state index in [4.69, 9.17) is 23.2 Å². The Morgan fingerprint density at radius 1 is 0.155 bits per heavy atom. The van der Waals surface area contributed by atoms with Gasteiger partial charge in [0, 0.05) is 41.0 Å². The lowest BCUT2D eigenvalue weighted by Gasteiger charge is -2.13. The molecule has 558 valence electrons. The molecule has 0 aliphatic heterocycles. The lowest BCUT2D eigenvalue weighted by atomic mass is 10.1. The maximum Gasteiger partial charge on any atom is 0.185 e. The van der Waals surface area contributed by atoms with Gasteiger partial charge in [-0.3, -0.25) is 0 Å². The third-order valence-corrected chi connectivity index (χ3v) is 30.2. The van der Waals surface area contributed by atoms with Gasteiger partial charge in [0.25, 0.3) is 0 Å². The zero-order valence-corrected chi connectivity index (χ0v) is 69.7. The van der Waals surface area contributed by atoms with Gasteiger partial charge in [-0.25, -0.2) is 0 Å². The Bertz CT molecular complexity index is 6150. The smallest absolute Gasteiger partial charge is 0.0901 e. The summed E-state index contributed by atoms with van der Waals surface area (Å²) in [7, 11) is -0.758. The van der Waals surface area contributed by atoms with E-state index in [-0.39, 0.29) is 32.7 Å². The van der Waals surface area contributed by atoms with Crippen molar-refractivity contribution in [2.75, 3.05) is 0 Å². The summed E-state index contributed by atoms with van der Waals surface area (Å²) in [6.07, 6.45) is 0. The Morgan fingerprint density at radius 2 is 0.466 bits per heavy atom. The minimum atomic E-state index is -0.342. The minimum Gasteiger partial charge on any atom is -0.0901 e. The van der Waals surface area contributed by atoms with E-state index in [2.05, 4.69) is 449 Å². The lowest BCUT2D eigenvalue weighted by molar-refractivity contribution is 1.28. The van der Waals surface area contributed by atoms with Gasteiger partial charge in [0.05, 0.1) is 31.8 Å². The highest BCUT2D eigenvalue weighted by Crippen LogP contribution is 2.45. The van der Waals surface area contributed by atoms with Crippen molar-refractivity contribution in [3.05, 3.63) is 489 Å². The van der Waals surface area contributed by atoms with Crippen LogP contribution in [0.2, 0.25) is 10.0 Å². The SMILES string of the molecule is Clc1cc(-c2ccccc2)ccc1Sc1ccc([S+](c2ccccc2)c2ccc(-c3ccccc3)cc2Cl)cc1.c1ccc(-c2cccc(Sc3ccc([S+](c4ccccc4)c4cccc(-c5ccccc5)c4)cc3)c2)cc1.c1ccc(-c2ccccc2Sc2ccc([S+](c3ccccc3)c3ccccc3-c3ccccc3)cc2)cc1. The molecule has 0 aromatic heterocycles. The van der Waals surface area contributed by atoms with Crippen LogP contribution in [-0.4, -0.2) is 0 Å². The first-order valence-corrected chi connectivity index (χ1v) is 45.3. The van der Waals surface area contributed by atoms with Gasteiger partial charge in [0.2, 0.25) is 0 Å². The van der Waals surface area contributed by atoms with Gasteiger partial charge in [-0.1, -0.05) is 356 Å². The monoisotopic (exact) mass is 1640 g/mol. The zero-order chi connectivity index (χ0) is 78.5. The van der Waals surface area contributed by atoms with Crippen LogP contribution >= 0.6 is 58.5 Å². The summed E-state index contributed by atoms with van der Waals surface area (Å²) in [6.45, 7) is 0. The standard InChI is InChI=1S/C36H25Cl2S2.2C36H27S2/c37-33-24-28(26-10-4-1-5-11-26)16-22-35(33)39-30-18-20-32(21-19-30)40(31-14-8-3-9-15-31)36-23-17-29(25-34(36)38)27-12-6-2-7-13-27;1-4-14-28(15-5-1)33-20-10-12-22-35(33)37-30-24-26-32(27-25-30)38(31-18-8-3-9-19-31)36-23-13-11-21-34(36)29-16-6-2-7-17-29;1-4-12-28(13-5-1)30-16-10-18-33(26-30)37-32-22-24-35(25-23-32)38(34-19-8-3-9-20-34)36-21-11-17-31(27-36)29-14-6-2-7-15-29/h1-25H;2*1-27H/q3*+1. The van der Waals surface area contributed by atoms with Crippen molar-refractivity contribution in [3.63, 3.8) is 0 Å². The quantitative estimate of drug-likeness (QED) is 0.0658. The predicted octanol–water partition coefficient (Wildman–Crippen LogP) is 32.1. The van der Waals surface area contributed by atoms with Crippen LogP contribution in [0.1, 0.15) is 0 Å². The van der Waals surface area contributed by atoms with Crippen LogP contribution in [0.4, 0.5) is 0 Å². The van der Waals surface area contributed by atoms with Crippen molar-refractivity contribution in [2.45, 2.75) is 73.4 Å². The number of rotatable bonds is 21. The third kappa shape index (κ3) is 19.9. The van der Waals surface area contributed by atoms with Gasteiger partial charge in [-0.2, -0.15) is 0 Å². The molecule has 0 fully saturated rings. The molecule has 18 aromatic carbocycles. The first-order chi connectivity index (χ1) is 57.3. The van der Waals surface area contributed by atoms with Gasteiger partial charge in [0.15, 0.2) is 44.1 Å². The summed E-state index contributed by atoms with van der Waals surface area (Å²) < 4.78 is 0. The summed E-state index contributed by atoms with van der Waals surface area (Å²) in [5.74, 6) is 0. The average Bonchev–Trinajstić information content (AvgIpc) is 0.764. The van der Waals surface area contributed by atoms with Crippen LogP contribution in [0.5, 0.6) is 0 Å². The predicted molar refractivity (Wildman–Crippen MR) is 499 cm³/mol. The van der Waals surface area contributed by atoms with Gasteiger partial charge in [-0.15, -0.1) is 0 Å². The Kier molecular flexibility index (Phi) is 26.6. The summed E-state index contributed by atoms with van der Waals surface area (Å²) in [5.41, 5.74) is 14.6. The van der Waals surface area contributed by atoms with Crippen LogP contribution in [-0.2, 0) is 32.7 Å². The molecule has 0 amide bonds. The molecule has 3 unspecified atom stereocenters. The maximum atomic E-state index is 6.98. The molecule has 0 saturated carbocycles. The van der Waals surface area contributed by atoms with Gasteiger partial charge < -0.3 is 0 Å².